The number of carbonyl (C=O) groups is 1. The average molecular weight is 362 g/mol. The summed E-state index contributed by atoms with van der Waals surface area (Å²) >= 11 is 1.33. The van der Waals surface area contributed by atoms with Crippen LogP contribution in [0.1, 0.15) is 13.3 Å². The number of thioether (sulfide) groups is 1. The molecule has 1 aromatic carbocycles. The Morgan fingerprint density at radius 2 is 2.00 bits per heavy atom. The maximum atomic E-state index is 12.9. The summed E-state index contributed by atoms with van der Waals surface area (Å²) in [5.74, 6) is 0.0338. The molecule has 23 heavy (non-hydrogen) atoms. The molecule has 1 rings (SSSR count). The van der Waals surface area contributed by atoms with Crippen molar-refractivity contribution >= 4 is 27.7 Å². The van der Waals surface area contributed by atoms with Crippen LogP contribution in [0, 0.1) is 0 Å². The number of benzene rings is 1. The largest absolute Gasteiger partial charge is 0.497 e. The van der Waals surface area contributed by atoms with Crippen LogP contribution in [0.2, 0.25) is 0 Å². The van der Waals surface area contributed by atoms with Crippen LogP contribution in [-0.4, -0.2) is 55.5 Å². The van der Waals surface area contributed by atoms with Gasteiger partial charge in [-0.05, 0) is 36.9 Å². The van der Waals surface area contributed by atoms with E-state index < -0.39 is 22.0 Å². The molecule has 2 N–H and O–H groups in total. The first-order valence-electron chi connectivity index (χ1n) is 7.01. The molecule has 0 heterocycles. The van der Waals surface area contributed by atoms with E-state index in [2.05, 4.69) is 0 Å². The number of methoxy groups -OCH3 is 1. The summed E-state index contributed by atoms with van der Waals surface area (Å²) in [5.41, 5.74) is 1.55. The molecule has 7 nitrogen and oxygen atoms in total. The zero-order valence-corrected chi connectivity index (χ0v) is 15.0. The lowest BCUT2D eigenvalue weighted by Crippen LogP contribution is -2.50. The SMILES string of the molecule is CCCN(C(CSC)C(=O)NO)S(=O)(=O)c1ccc(OC)cc1. The van der Waals surface area contributed by atoms with Gasteiger partial charge in [0.1, 0.15) is 11.8 Å². The van der Waals surface area contributed by atoms with Crippen molar-refractivity contribution in [3.05, 3.63) is 24.3 Å². The quantitative estimate of drug-likeness (QED) is 0.508. The van der Waals surface area contributed by atoms with E-state index in [0.717, 1.165) is 4.31 Å². The molecule has 130 valence electrons. The van der Waals surface area contributed by atoms with Crippen molar-refractivity contribution in [2.45, 2.75) is 24.3 Å². The van der Waals surface area contributed by atoms with Gasteiger partial charge in [0.2, 0.25) is 10.0 Å². The number of amides is 1. The van der Waals surface area contributed by atoms with Gasteiger partial charge >= 0.3 is 0 Å². The van der Waals surface area contributed by atoms with Crippen LogP contribution in [-0.2, 0) is 14.8 Å². The van der Waals surface area contributed by atoms with Crippen LogP contribution in [0.25, 0.3) is 0 Å². The number of rotatable bonds is 9. The lowest BCUT2D eigenvalue weighted by Gasteiger charge is -2.28. The zero-order valence-electron chi connectivity index (χ0n) is 13.4. The molecule has 0 radical (unpaired) electrons. The highest BCUT2D eigenvalue weighted by atomic mass is 32.2. The molecular formula is C14H22N2O5S2. The third-order valence-electron chi connectivity index (χ3n) is 3.20. The summed E-state index contributed by atoms with van der Waals surface area (Å²) in [6, 6.07) is 4.98. The van der Waals surface area contributed by atoms with Gasteiger partial charge in [0.05, 0.1) is 12.0 Å². The fraction of sp³-hybridized carbons (Fsp3) is 0.500. The summed E-state index contributed by atoms with van der Waals surface area (Å²) < 4.78 is 31.9. The molecule has 0 spiro atoms. The van der Waals surface area contributed by atoms with Gasteiger partial charge in [-0.25, -0.2) is 13.9 Å². The molecule has 0 aromatic heterocycles. The van der Waals surface area contributed by atoms with Gasteiger partial charge in [0.25, 0.3) is 5.91 Å². The topological polar surface area (TPSA) is 95.9 Å². The van der Waals surface area contributed by atoms with Crippen LogP contribution >= 0.6 is 11.8 Å². The number of carbonyl (C=O) groups excluding carboxylic acids is 1. The summed E-state index contributed by atoms with van der Waals surface area (Å²) in [6.45, 7) is 2.00. The Labute approximate surface area is 141 Å². The summed E-state index contributed by atoms with van der Waals surface area (Å²) in [7, 11) is -2.38. The van der Waals surface area contributed by atoms with Crippen molar-refractivity contribution in [3.8, 4) is 5.75 Å². The van der Waals surface area contributed by atoms with Crippen molar-refractivity contribution < 1.29 is 23.2 Å². The van der Waals surface area contributed by atoms with E-state index in [-0.39, 0.29) is 17.2 Å². The number of hydrogen-bond donors (Lipinski definition) is 2. The Morgan fingerprint density at radius 1 is 1.39 bits per heavy atom. The van der Waals surface area contributed by atoms with E-state index >= 15 is 0 Å². The first-order chi connectivity index (χ1) is 10.9. The smallest absolute Gasteiger partial charge is 0.262 e. The van der Waals surface area contributed by atoms with Gasteiger partial charge in [0, 0.05) is 12.3 Å². The molecule has 1 aromatic rings. The second kappa shape index (κ2) is 9.11. The van der Waals surface area contributed by atoms with E-state index in [1.54, 1.807) is 23.9 Å². The van der Waals surface area contributed by atoms with Crippen molar-refractivity contribution in [2.24, 2.45) is 0 Å². The number of hydroxylamine groups is 1. The Hall–Kier alpha value is -1.29. The van der Waals surface area contributed by atoms with Crippen LogP contribution < -0.4 is 10.2 Å². The average Bonchev–Trinajstić information content (AvgIpc) is 2.57. The molecule has 9 heteroatoms. The van der Waals surface area contributed by atoms with Crippen LogP contribution in [0.3, 0.4) is 0 Å². The lowest BCUT2D eigenvalue weighted by atomic mass is 10.3. The minimum absolute atomic E-state index is 0.0728. The second-order valence-corrected chi connectivity index (χ2v) is 7.54. The monoisotopic (exact) mass is 362 g/mol. The van der Waals surface area contributed by atoms with Crippen LogP contribution in [0.4, 0.5) is 0 Å². The Balaban J connectivity index is 3.25. The number of hydrogen-bond acceptors (Lipinski definition) is 6. The van der Waals surface area contributed by atoms with Gasteiger partial charge in [0.15, 0.2) is 0 Å². The van der Waals surface area contributed by atoms with E-state index in [9.17, 15) is 13.2 Å². The standard InChI is InChI=1S/C14H22N2O5S2/c1-4-9-16(13(10-22-3)14(17)15-18)23(19,20)12-7-5-11(21-2)6-8-12/h5-8,13,18H,4,9-10H2,1-3H3,(H,15,17). The number of nitrogens with zero attached hydrogens (tertiary/aromatic N) is 1. The first-order valence-corrected chi connectivity index (χ1v) is 9.84. The lowest BCUT2D eigenvalue weighted by molar-refractivity contribution is -0.132. The van der Waals surface area contributed by atoms with Crippen molar-refractivity contribution in [3.63, 3.8) is 0 Å². The third-order valence-corrected chi connectivity index (χ3v) is 5.77. The predicted molar refractivity (Wildman–Crippen MR) is 89.3 cm³/mol. The second-order valence-electron chi connectivity index (χ2n) is 4.74. The van der Waals surface area contributed by atoms with Gasteiger partial charge in [-0.15, -0.1) is 0 Å². The highest BCUT2D eigenvalue weighted by Crippen LogP contribution is 2.23. The third kappa shape index (κ3) is 4.84. The van der Waals surface area contributed by atoms with Crippen molar-refractivity contribution in [1.82, 2.24) is 9.79 Å². The molecule has 1 atom stereocenters. The normalized spacial score (nSPS) is 12.9. The van der Waals surface area contributed by atoms with Gasteiger partial charge in [-0.3, -0.25) is 10.0 Å². The molecule has 0 bridgehead atoms. The Bertz CT molecular complexity index is 604. The summed E-state index contributed by atoms with van der Waals surface area (Å²) in [6.07, 6.45) is 2.31. The number of ether oxygens (including phenoxy) is 1. The van der Waals surface area contributed by atoms with Crippen molar-refractivity contribution in [2.75, 3.05) is 25.7 Å². The Morgan fingerprint density at radius 3 is 2.43 bits per heavy atom. The highest BCUT2D eigenvalue weighted by Gasteiger charge is 2.35. The minimum atomic E-state index is -3.87. The molecule has 0 aliphatic rings. The van der Waals surface area contributed by atoms with E-state index in [1.807, 2.05) is 6.92 Å². The van der Waals surface area contributed by atoms with Crippen LogP contribution in [0.5, 0.6) is 5.75 Å². The fourth-order valence-electron chi connectivity index (χ4n) is 2.07. The number of nitrogens with one attached hydrogen (secondary N) is 1. The van der Waals surface area contributed by atoms with Crippen molar-refractivity contribution in [1.29, 1.82) is 0 Å². The molecule has 0 aliphatic carbocycles. The van der Waals surface area contributed by atoms with Crippen LogP contribution in [0.15, 0.2) is 29.2 Å². The maximum absolute atomic E-state index is 12.9. The molecule has 0 aliphatic heterocycles. The molecule has 0 fully saturated rings. The van der Waals surface area contributed by atoms with Gasteiger partial charge in [-0.1, -0.05) is 6.92 Å². The molecule has 0 saturated heterocycles. The molecular weight excluding hydrogens is 340 g/mol. The van der Waals surface area contributed by atoms with E-state index in [1.165, 1.54) is 31.0 Å². The molecule has 0 saturated carbocycles. The molecule has 1 unspecified atom stereocenters. The summed E-state index contributed by atoms with van der Waals surface area (Å²) in [5, 5.41) is 8.91. The van der Waals surface area contributed by atoms with Gasteiger partial charge in [-0.2, -0.15) is 16.1 Å². The zero-order chi connectivity index (χ0) is 17.5. The minimum Gasteiger partial charge on any atom is -0.497 e. The first kappa shape index (κ1) is 19.8. The van der Waals surface area contributed by atoms with Gasteiger partial charge < -0.3 is 4.74 Å². The maximum Gasteiger partial charge on any atom is 0.262 e. The van der Waals surface area contributed by atoms with E-state index in [0.29, 0.717) is 12.2 Å². The predicted octanol–water partition coefficient (Wildman–Crippen LogP) is 1.33. The fourth-order valence-corrected chi connectivity index (χ4v) is 4.49. The summed E-state index contributed by atoms with van der Waals surface area (Å²) in [4.78, 5) is 12.0. The number of sulfonamides is 1. The van der Waals surface area contributed by atoms with E-state index in [4.69, 9.17) is 9.94 Å². The Kier molecular flexibility index (Phi) is 7.83. The highest BCUT2D eigenvalue weighted by molar-refractivity contribution is 7.98. The molecule has 1 amide bonds.